The molecular formula is C22H21FN4O2. The van der Waals surface area contributed by atoms with Crippen molar-refractivity contribution in [3.63, 3.8) is 0 Å². The van der Waals surface area contributed by atoms with Crippen molar-refractivity contribution in [1.29, 1.82) is 0 Å². The van der Waals surface area contributed by atoms with Crippen LogP contribution in [0.2, 0.25) is 0 Å². The number of likely N-dealkylation sites (tertiary alicyclic amines) is 1. The molecule has 3 heterocycles. The molecule has 1 aliphatic rings. The summed E-state index contributed by atoms with van der Waals surface area (Å²) in [6, 6.07) is 11.2. The lowest BCUT2D eigenvalue weighted by Crippen LogP contribution is -2.40. The number of H-pyrrole nitrogens is 1. The Morgan fingerprint density at radius 2 is 2.03 bits per heavy atom. The summed E-state index contributed by atoms with van der Waals surface area (Å²) in [4.78, 5) is 38.2. The number of pyridine rings is 1. The van der Waals surface area contributed by atoms with Gasteiger partial charge in [0.25, 0.3) is 5.56 Å². The van der Waals surface area contributed by atoms with E-state index in [1.54, 1.807) is 41.6 Å². The van der Waals surface area contributed by atoms with Gasteiger partial charge in [0.15, 0.2) is 0 Å². The van der Waals surface area contributed by atoms with Crippen LogP contribution < -0.4 is 5.56 Å². The van der Waals surface area contributed by atoms with Crippen LogP contribution in [0.4, 0.5) is 4.39 Å². The number of nitrogens with zero attached hydrogens (tertiary/aromatic N) is 3. The lowest BCUT2D eigenvalue weighted by molar-refractivity contribution is -0.131. The van der Waals surface area contributed by atoms with E-state index >= 15 is 0 Å². The maximum Gasteiger partial charge on any atom is 0.251 e. The first-order valence-electron chi connectivity index (χ1n) is 9.62. The van der Waals surface area contributed by atoms with Crippen LogP contribution in [0.25, 0.3) is 11.3 Å². The van der Waals surface area contributed by atoms with Gasteiger partial charge in [-0.15, -0.1) is 0 Å². The molecule has 0 radical (unpaired) electrons. The van der Waals surface area contributed by atoms with Gasteiger partial charge in [-0.1, -0.05) is 12.1 Å². The molecule has 1 atom stereocenters. The molecular weight excluding hydrogens is 371 g/mol. The van der Waals surface area contributed by atoms with E-state index in [-0.39, 0.29) is 29.6 Å². The Hall–Kier alpha value is -3.35. The van der Waals surface area contributed by atoms with Gasteiger partial charge in [-0.3, -0.25) is 14.6 Å². The molecule has 1 N–H and O–H groups in total. The molecule has 0 aliphatic carbocycles. The normalized spacial score (nSPS) is 16.6. The van der Waals surface area contributed by atoms with E-state index in [0.29, 0.717) is 30.2 Å². The highest BCUT2D eigenvalue weighted by molar-refractivity contribution is 5.79. The lowest BCUT2D eigenvalue weighted by Gasteiger charge is -2.32. The number of hydrogen-bond acceptors (Lipinski definition) is 4. The van der Waals surface area contributed by atoms with Gasteiger partial charge >= 0.3 is 0 Å². The molecule has 7 heteroatoms. The maximum atomic E-state index is 13.4. The first kappa shape index (κ1) is 19.0. The highest BCUT2D eigenvalue weighted by Gasteiger charge is 2.26. The topological polar surface area (TPSA) is 79.0 Å². The van der Waals surface area contributed by atoms with Crippen LogP contribution in [0.5, 0.6) is 0 Å². The second kappa shape index (κ2) is 8.34. The number of hydrogen-bond donors (Lipinski definition) is 1. The third-order valence-electron chi connectivity index (χ3n) is 5.14. The van der Waals surface area contributed by atoms with Gasteiger partial charge in [0.2, 0.25) is 5.91 Å². The Kier molecular flexibility index (Phi) is 5.46. The van der Waals surface area contributed by atoms with Crippen LogP contribution in [-0.4, -0.2) is 38.8 Å². The minimum absolute atomic E-state index is 0.0466. The Morgan fingerprint density at radius 1 is 1.21 bits per heavy atom. The molecule has 0 spiro atoms. The number of aromatic nitrogens is 3. The molecule has 0 unspecified atom stereocenters. The standard InChI is InChI=1S/C22H21FN4O2/c23-18-5-1-3-15(11-18)12-21(29)27-10-2-4-17(14-27)22-25-19(13-20(28)26-22)16-6-8-24-9-7-16/h1,3,5-9,11,13,17H,2,4,10,12,14H2,(H,25,26,28)/t17-/m1/s1. The molecule has 1 saturated heterocycles. The van der Waals surface area contributed by atoms with Crippen molar-refractivity contribution in [2.24, 2.45) is 0 Å². The maximum absolute atomic E-state index is 13.4. The Bertz CT molecular complexity index is 1070. The second-order valence-electron chi connectivity index (χ2n) is 7.24. The highest BCUT2D eigenvalue weighted by atomic mass is 19.1. The molecule has 148 valence electrons. The van der Waals surface area contributed by atoms with Gasteiger partial charge in [0, 0.05) is 43.0 Å². The zero-order chi connectivity index (χ0) is 20.2. The summed E-state index contributed by atoms with van der Waals surface area (Å²) in [5.41, 5.74) is 1.85. The molecule has 6 nitrogen and oxygen atoms in total. The predicted octanol–water partition coefficient (Wildman–Crippen LogP) is 2.92. The number of carbonyl (C=O) groups excluding carboxylic acids is 1. The van der Waals surface area contributed by atoms with Crippen LogP contribution in [-0.2, 0) is 11.2 Å². The summed E-state index contributed by atoms with van der Waals surface area (Å²) in [7, 11) is 0. The molecule has 3 aromatic rings. The quantitative estimate of drug-likeness (QED) is 0.741. The fourth-order valence-corrected chi connectivity index (χ4v) is 3.70. The van der Waals surface area contributed by atoms with E-state index in [1.165, 1.54) is 18.2 Å². The summed E-state index contributed by atoms with van der Waals surface area (Å²) < 4.78 is 13.4. The van der Waals surface area contributed by atoms with Crippen LogP contribution in [0.3, 0.4) is 0 Å². The van der Waals surface area contributed by atoms with Crippen molar-refractivity contribution in [2.75, 3.05) is 13.1 Å². The summed E-state index contributed by atoms with van der Waals surface area (Å²) in [5, 5.41) is 0. The average molecular weight is 392 g/mol. The molecule has 1 aliphatic heterocycles. The van der Waals surface area contributed by atoms with Gasteiger partial charge in [-0.05, 0) is 42.7 Å². The second-order valence-corrected chi connectivity index (χ2v) is 7.24. The van der Waals surface area contributed by atoms with E-state index < -0.39 is 0 Å². The largest absolute Gasteiger partial charge is 0.342 e. The average Bonchev–Trinajstić information content (AvgIpc) is 2.74. The molecule has 1 aromatic carbocycles. The SMILES string of the molecule is O=C(Cc1cccc(F)c1)N1CCC[C@@H](c2nc(-c3ccncc3)cc(=O)[nH]2)C1. The number of benzene rings is 1. The zero-order valence-corrected chi connectivity index (χ0v) is 15.8. The van der Waals surface area contributed by atoms with Crippen molar-refractivity contribution >= 4 is 5.91 Å². The van der Waals surface area contributed by atoms with Crippen LogP contribution in [0.15, 0.2) is 59.7 Å². The molecule has 2 aromatic heterocycles. The highest BCUT2D eigenvalue weighted by Crippen LogP contribution is 2.26. The zero-order valence-electron chi connectivity index (χ0n) is 15.8. The molecule has 0 bridgehead atoms. The number of rotatable bonds is 4. The molecule has 1 amide bonds. The fourth-order valence-electron chi connectivity index (χ4n) is 3.70. The van der Waals surface area contributed by atoms with Crippen LogP contribution >= 0.6 is 0 Å². The minimum Gasteiger partial charge on any atom is -0.342 e. The van der Waals surface area contributed by atoms with Crippen molar-refractivity contribution in [2.45, 2.75) is 25.2 Å². The number of nitrogens with one attached hydrogen (secondary N) is 1. The van der Waals surface area contributed by atoms with E-state index in [0.717, 1.165) is 18.4 Å². The fraction of sp³-hybridized carbons (Fsp3) is 0.273. The summed E-state index contributed by atoms with van der Waals surface area (Å²) in [6.07, 6.45) is 5.14. The monoisotopic (exact) mass is 392 g/mol. The van der Waals surface area contributed by atoms with Crippen molar-refractivity contribution in [1.82, 2.24) is 19.9 Å². The van der Waals surface area contributed by atoms with E-state index in [1.807, 2.05) is 0 Å². The number of amides is 1. The first-order valence-corrected chi connectivity index (χ1v) is 9.62. The third kappa shape index (κ3) is 4.56. The Morgan fingerprint density at radius 3 is 2.83 bits per heavy atom. The van der Waals surface area contributed by atoms with Crippen molar-refractivity contribution in [3.8, 4) is 11.3 Å². The van der Waals surface area contributed by atoms with Crippen LogP contribution in [0, 0.1) is 5.82 Å². The third-order valence-corrected chi connectivity index (χ3v) is 5.14. The molecule has 29 heavy (non-hydrogen) atoms. The Labute approximate surface area is 167 Å². The van der Waals surface area contributed by atoms with Gasteiger partial charge in [-0.2, -0.15) is 0 Å². The van der Waals surface area contributed by atoms with Crippen molar-refractivity contribution in [3.05, 3.63) is 82.4 Å². The lowest BCUT2D eigenvalue weighted by atomic mass is 9.96. The summed E-state index contributed by atoms with van der Waals surface area (Å²) in [6.45, 7) is 1.13. The number of piperidine rings is 1. The van der Waals surface area contributed by atoms with E-state index in [9.17, 15) is 14.0 Å². The van der Waals surface area contributed by atoms with Crippen LogP contribution in [0.1, 0.15) is 30.1 Å². The van der Waals surface area contributed by atoms with Crippen molar-refractivity contribution < 1.29 is 9.18 Å². The minimum atomic E-state index is -0.346. The van der Waals surface area contributed by atoms with Gasteiger partial charge in [0.1, 0.15) is 11.6 Å². The smallest absolute Gasteiger partial charge is 0.251 e. The first-order chi connectivity index (χ1) is 14.1. The Balaban J connectivity index is 1.52. The van der Waals surface area contributed by atoms with E-state index in [2.05, 4.69) is 15.0 Å². The summed E-state index contributed by atoms with van der Waals surface area (Å²) >= 11 is 0. The summed E-state index contributed by atoms with van der Waals surface area (Å²) in [5.74, 6) is 0.150. The molecule has 1 fully saturated rings. The number of carbonyl (C=O) groups is 1. The molecule has 0 saturated carbocycles. The predicted molar refractivity (Wildman–Crippen MR) is 107 cm³/mol. The number of halogens is 1. The van der Waals surface area contributed by atoms with Gasteiger partial charge in [0.05, 0.1) is 12.1 Å². The van der Waals surface area contributed by atoms with Gasteiger partial charge < -0.3 is 9.88 Å². The van der Waals surface area contributed by atoms with E-state index in [4.69, 9.17) is 0 Å². The molecule has 4 rings (SSSR count). The van der Waals surface area contributed by atoms with Gasteiger partial charge in [-0.25, -0.2) is 9.37 Å². The number of aromatic amines is 1.